The molecule has 1 aromatic rings. The van der Waals surface area contributed by atoms with E-state index in [4.69, 9.17) is 4.52 Å². The minimum atomic E-state index is 0. The van der Waals surface area contributed by atoms with Crippen LogP contribution in [0.3, 0.4) is 0 Å². The molecule has 1 aliphatic rings. The molecule has 0 spiro atoms. The molecule has 27 heavy (non-hydrogen) atoms. The van der Waals surface area contributed by atoms with Gasteiger partial charge in [0, 0.05) is 31.1 Å². The summed E-state index contributed by atoms with van der Waals surface area (Å²) >= 11 is 0. The van der Waals surface area contributed by atoms with Crippen LogP contribution in [0.25, 0.3) is 0 Å². The van der Waals surface area contributed by atoms with Gasteiger partial charge in [-0.1, -0.05) is 25.4 Å². The van der Waals surface area contributed by atoms with E-state index in [1.165, 1.54) is 32.4 Å². The first-order chi connectivity index (χ1) is 12.5. The molecule has 2 N–H and O–H groups in total. The summed E-state index contributed by atoms with van der Waals surface area (Å²) in [7, 11) is 1.80. The first-order valence-corrected chi connectivity index (χ1v) is 10.1. The van der Waals surface area contributed by atoms with Crippen LogP contribution in [0.4, 0.5) is 0 Å². The van der Waals surface area contributed by atoms with Crippen LogP contribution in [0, 0.1) is 0 Å². The van der Waals surface area contributed by atoms with Gasteiger partial charge in [-0.05, 0) is 52.6 Å². The zero-order valence-electron chi connectivity index (χ0n) is 17.7. The summed E-state index contributed by atoms with van der Waals surface area (Å²) in [4.78, 5) is 6.92. The maximum Gasteiger partial charge on any atom is 0.191 e. The summed E-state index contributed by atoms with van der Waals surface area (Å²) < 4.78 is 5.48. The minimum Gasteiger partial charge on any atom is -0.359 e. The fourth-order valence-electron chi connectivity index (χ4n) is 3.61. The Morgan fingerprint density at radius 2 is 1.89 bits per heavy atom. The van der Waals surface area contributed by atoms with Gasteiger partial charge in [0.05, 0.1) is 12.2 Å². The topological polar surface area (TPSA) is 65.7 Å². The lowest BCUT2D eigenvalue weighted by Gasteiger charge is -2.41. The van der Waals surface area contributed by atoms with Crippen LogP contribution in [0.15, 0.2) is 15.6 Å². The average molecular weight is 491 g/mol. The summed E-state index contributed by atoms with van der Waals surface area (Å²) in [5, 5.41) is 11.0. The van der Waals surface area contributed by atoms with Crippen molar-refractivity contribution in [1.29, 1.82) is 0 Å². The van der Waals surface area contributed by atoms with Crippen molar-refractivity contribution in [2.45, 2.75) is 77.8 Å². The van der Waals surface area contributed by atoms with Gasteiger partial charge in [0.25, 0.3) is 0 Å². The van der Waals surface area contributed by atoms with E-state index in [9.17, 15) is 0 Å². The Hall–Kier alpha value is -0.830. The van der Waals surface area contributed by atoms with Gasteiger partial charge in [-0.3, -0.25) is 9.89 Å². The van der Waals surface area contributed by atoms with E-state index in [1.54, 1.807) is 7.05 Å². The van der Waals surface area contributed by atoms with E-state index < -0.39 is 0 Å². The third-order valence-corrected chi connectivity index (χ3v) is 5.54. The molecule has 1 fully saturated rings. The van der Waals surface area contributed by atoms with E-state index in [0.29, 0.717) is 12.5 Å². The highest BCUT2D eigenvalue weighted by Crippen LogP contribution is 2.22. The smallest absolute Gasteiger partial charge is 0.191 e. The Kier molecular flexibility index (Phi) is 10.7. The van der Waals surface area contributed by atoms with Gasteiger partial charge in [-0.15, -0.1) is 24.0 Å². The third kappa shape index (κ3) is 7.25. The number of aliphatic imine (C=N–C) groups is 1. The van der Waals surface area contributed by atoms with Crippen molar-refractivity contribution < 1.29 is 4.52 Å². The Bertz CT molecular complexity index is 562. The summed E-state index contributed by atoms with van der Waals surface area (Å²) in [5.41, 5.74) is 1.17. The number of nitrogens with zero attached hydrogens (tertiary/aromatic N) is 3. The van der Waals surface area contributed by atoms with E-state index in [0.717, 1.165) is 36.8 Å². The number of hydrogen-bond acceptors (Lipinski definition) is 4. The molecular weight excluding hydrogens is 453 g/mol. The second kappa shape index (κ2) is 11.9. The van der Waals surface area contributed by atoms with E-state index in [1.807, 2.05) is 0 Å². The molecule has 1 aromatic heterocycles. The van der Waals surface area contributed by atoms with Gasteiger partial charge in [0.2, 0.25) is 0 Å². The predicted octanol–water partition coefficient (Wildman–Crippen LogP) is 4.13. The molecule has 6 nitrogen and oxygen atoms in total. The molecule has 1 saturated heterocycles. The Labute approximate surface area is 181 Å². The number of aromatic nitrogens is 1. The molecule has 0 bridgehead atoms. The van der Waals surface area contributed by atoms with Crippen molar-refractivity contribution in [3.63, 3.8) is 0 Å². The molecule has 0 unspecified atom stereocenters. The second-order valence-electron chi connectivity index (χ2n) is 7.87. The first-order valence-electron chi connectivity index (χ1n) is 10.1. The van der Waals surface area contributed by atoms with Crippen LogP contribution in [0.1, 0.15) is 77.2 Å². The SMILES string of the molecule is CCC(CC)c1cc(CNC(=NC)NCC(C)(C)N2CCCCC2)on1.I. The largest absolute Gasteiger partial charge is 0.359 e. The molecule has 0 aliphatic carbocycles. The lowest BCUT2D eigenvalue weighted by atomic mass is 9.98. The van der Waals surface area contributed by atoms with Gasteiger partial charge in [-0.25, -0.2) is 0 Å². The summed E-state index contributed by atoms with van der Waals surface area (Å²) in [6, 6.07) is 2.07. The van der Waals surface area contributed by atoms with Gasteiger partial charge < -0.3 is 15.2 Å². The van der Waals surface area contributed by atoms with E-state index in [-0.39, 0.29) is 29.5 Å². The molecular formula is C20H38IN5O. The number of hydrogen-bond donors (Lipinski definition) is 2. The van der Waals surface area contributed by atoms with Crippen molar-refractivity contribution in [2.75, 3.05) is 26.7 Å². The van der Waals surface area contributed by atoms with Crippen LogP contribution in [0.5, 0.6) is 0 Å². The number of likely N-dealkylation sites (tertiary alicyclic amines) is 1. The van der Waals surface area contributed by atoms with Crippen molar-refractivity contribution in [3.8, 4) is 0 Å². The van der Waals surface area contributed by atoms with E-state index >= 15 is 0 Å². The van der Waals surface area contributed by atoms with Crippen LogP contribution in [0.2, 0.25) is 0 Å². The highest BCUT2D eigenvalue weighted by Gasteiger charge is 2.27. The maximum absolute atomic E-state index is 5.48. The number of guanidine groups is 1. The van der Waals surface area contributed by atoms with Crippen molar-refractivity contribution in [1.82, 2.24) is 20.7 Å². The molecule has 0 saturated carbocycles. The fourth-order valence-corrected chi connectivity index (χ4v) is 3.61. The molecule has 2 rings (SSSR count). The van der Waals surface area contributed by atoms with Crippen molar-refractivity contribution in [3.05, 3.63) is 17.5 Å². The summed E-state index contributed by atoms with van der Waals surface area (Å²) in [6.07, 6.45) is 6.15. The lowest BCUT2D eigenvalue weighted by molar-refractivity contribution is 0.0982. The van der Waals surface area contributed by atoms with Crippen LogP contribution < -0.4 is 10.6 Å². The monoisotopic (exact) mass is 491 g/mol. The van der Waals surface area contributed by atoms with E-state index in [2.05, 4.69) is 59.4 Å². The summed E-state index contributed by atoms with van der Waals surface area (Å²) in [6.45, 7) is 12.8. The van der Waals surface area contributed by atoms with Gasteiger partial charge in [0.15, 0.2) is 11.7 Å². The van der Waals surface area contributed by atoms with Crippen molar-refractivity contribution in [2.24, 2.45) is 4.99 Å². The minimum absolute atomic E-state index is 0. The Morgan fingerprint density at radius 1 is 1.22 bits per heavy atom. The Morgan fingerprint density at radius 3 is 2.48 bits per heavy atom. The molecule has 2 heterocycles. The first kappa shape index (κ1) is 24.2. The normalized spacial score (nSPS) is 16.3. The van der Waals surface area contributed by atoms with Crippen LogP contribution >= 0.6 is 24.0 Å². The second-order valence-corrected chi connectivity index (χ2v) is 7.87. The van der Waals surface area contributed by atoms with Gasteiger partial charge in [0.1, 0.15) is 0 Å². The molecule has 0 atom stereocenters. The maximum atomic E-state index is 5.48. The highest BCUT2D eigenvalue weighted by molar-refractivity contribution is 14.0. The third-order valence-electron chi connectivity index (χ3n) is 5.54. The van der Waals surface area contributed by atoms with Gasteiger partial charge >= 0.3 is 0 Å². The highest BCUT2D eigenvalue weighted by atomic mass is 127. The zero-order valence-corrected chi connectivity index (χ0v) is 20.0. The molecule has 7 heteroatoms. The number of halogens is 1. The number of piperidine rings is 1. The zero-order chi connectivity index (χ0) is 19.0. The van der Waals surface area contributed by atoms with Crippen LogP contribution in [-0.4, -0.2) is 48.2 Å². The van der Waals surface area contributed by atoms with Gasteiger partial charge in [-0.2, -0.15) is 0 Å². The molecule has 0 radical (unpaired) electrons. The molecule has 1 aliphatic heterocycles. The Balaban J connectivity index is 0.00000364. The quantitative estimate of drug-likeness (QED) is 0.325. The summed E-state index contributed by atoms with van der Waals surface area (Å²) in [5.74, 6) is 2.14. The number of nitrogens with one attached hydrogen (secondary N) is 2. The molecule has 0 aromatic carbocycles. The molecule has 156 valence electrons. The average Bonchev–Trinajstić information content (AvgIpc) is 3.12. The lowest BCUT2D eigenvalue weighted by Crippen LogP contribution is -2.54. The van der Waals surface area contributed by atoms with Crippen LogP contribution in [-0.2, 0) is 6.54 Å². The van der Waals surface area contributed by atoms with Crippen molar-refractivity contribution >= 4 is 29.9 Å². The predicted molar refractivity (Wildman–Crippen MR) is 123 cm³/mol. The number of rotatable bonds is 8. The fraction of sp³-hybridized carbons (Fsp3) is 0.800. The molecule has 0 amide bonds. The standard InChI is InChI=1S/C20H37N5O.HI/c1-6-16(7-2)18-13-17(26-24-18)14-22-19(21-5)23-15-20(3,4)25-11-9-8-10-12-25;/h13,16H,6-12,14-15H2,1-5H3,(H2,21,22,23);1H.